The van der Waals surface area contributed by atoms with Gasteiger partial charge in [0.15, 0.2) is 11.5 Å². The molecule has 3 aromatic rings. The van der Waals surface area contributed by atoms with E-state index in [9.17, 15) is 22.8 Å². The van der Waals surface area contributed by atoms with Crippen LogP contribution in [0.15, 0.2) is 28.7 Å². The quantitative estimate of drug-likeness (QED) is 0.542. The standard InChI is InChI=1S/C23H24F3N5O4/c1-11(27)19-18(20(32)28-12(2)22(33)31-9-4-10-31)30-21(35-19)14-5-7-15(34-3)17-13(14)6-8-16(29-17)23(24,25)26/h5-8,11-12H,4,9-10,27H2,1-3H3,(H,28,32)/t11-,12+/m0/s1. The summed E-state index contributed by atoms with van der Waals surface area (Å²) in [7, 11) is 1.32. The molecular formula is C23H24F3N5O4. The topological polar surface area (TPSA) is 124 Å². The lowest BCUT2D eigenvalue weighted by atomic mass is 10.1. The fourth-order valence-electron chi connectivity index (χ4n) is 3.76. The number of carbonyl (C=O) groups is 2. The predicted molar refractivity (Wildman–Crippen MR) is 120 cm³/mol. The second-order valence-electron chi connectivity index (χ2n) is 8.30. The Bertz CT molecular complexity index is 1280. The molecule has 9 nitrogen and oxygen atoms in total. The molecule has 2 atom stereocenters. The first-order valence-electron chi connectivity index (χ1n) is 10.9. The number of ether oxygens (including phenoxy) is 1. The average Bonchev–Trinajstić information content (AvgIpc) is 3.22. The van der Waals surface area contributed by atoms with Crippen molar-refractivity contribution in [2.45, 2.75) is 38.5 Å². The predicted octanol–water partition coefficient (Wildman–Crippen LogP) is 3.29. The van der Waals surface area contributed by atoms with Crippen molar-refractivity contribution in [3.8, 4) is 17.2 Å². The van der Waals surface area contributed by atoms with E-state index >= 15 is 0 Å². The number of rotatable bonds is 6. The van der Waals surface area contributed by atoms with E-state index in [0.717, 1.165) is 12.5 Å². The highest BCUT2D eigenvalue weighted by molar-refractivity contribution is 5.99. The molecule has 2 aromatic heterocycles. The van der Waals surface area contributed by atoms with E-state index in [1.165, 1.54) is 19.2 Å². The van der Waals surface area contributed by atoms with Gasteiger partial charge in [-0.25, -0.2) is 9.97 Å². The molecule has 3 heterocycles. The van der Waals surface area contributed by atoms with Crippen LogP contribution in [-0.2, 0) is 11.0 Å². The molecule has 186 valence electrons. The van der Waals surface area contributed by atoms with Gasteiger partial charge in [0, 0.05) is 24.0 Å². The second-order valence-corrected chi connectivity index (χ2v) is 8.30. The van der Waals surface area contributed by atoms with Crippen LogP contribution in [-0.4, -0.2) is 52.9 Å². The minimum atomic E-state index is -4.64. The van der Waals surface area contributed by atoms with Crippen LogP contribution in [0.1, 0.15) is 48.3 Å². The van der Waals surface area contributed by atoms with E-state index in [4.69, 9.17) is 14.9 Å². The van der Waals surface area contributed by atoms with Gasteiger partial charge in [0.2, 0.25) is 11.8 Å². The number of carbonyl (C=O) groups excluding carboxylic acids is 2. The Balaban J connectivity index is 1.74. The van der Waals surface area contributed by atoms with Gasteiger partial charge in [-0.1, -0.05) is 0 Å². The lowest BCUT2D eigenvalue weighted by Crippen LogP contribution is -2.51. The van der Waals surface area contributed by atoms with Crippen LogP contribution in [0, 0.1) is 0 Å². The third-order valence-corrected chi connectivity index (χ3v) is 5.73. The molecule has 1 aliphatic heterocycles. The van der Waals surface area contributed by atoms with E-state index in [-0.39, 0.29) is 39.9 Å². The summed E-state index contributed by atoms with van der Waals surface area (Å²) in [4.78, 5) is 35.0. The highest BCUT2D eigenvalue weighted by atomic mass is 19.4. The van der Waals surface area contributed by atoms with Gasteiger partial charge < -0.3 is 25.1 Å². The van der Waals surface area contributed by atoms with Gasteiger partial charge in [-0.3, -0.25) is 9.59 Å². The zero-order valence-electron chi connectivity index (χ0n) is 19.3. The maximum Gasteiger partial charge on any atom is 0.433 e. The Morgan fingerprint density at radius 1 is 1.17 bits per heavy atom. The number of methoxy groups -OCH3 is 1. The van der Waals surface area contributed by atoms with E-state index < -0.39 is 29.9 Å². The van der Waals surface area contributed by atoms with E-state index in [2.05, 4.69) is 15.3 Å². The smallest absolute Gasteiger partial charge is 0.433 e. The SMILES string of the molecule is COc1ccc(-c2nc(C(=O)N[C@H](C)C(=O)N3CCC3)c([C@H](C)N)o2)c2ccc(C(F)(F)F)nc12. The number of hydrogen-bond donors (Lipinski definition) is 2. The Hall–Kier alpha value is -3.67. The Morgan fingerprint density at radius 3 is 2.46 bits per heavy atom. The largest absolute Gasteiger partial charge is 0.494 e. The number of likely N-dealkylation sites (tertiary alicyclic amines) is 1. The van der Waals surface area contributed by atoms with Crippen molar-refractivity contribution in [1.29, 1.82) is 0 Å². The van der Waals surface area contributed by atoms with Crippen LogP contribution in [0.3, 0.4) is 0 Å². The summed E-state index contributed by atoms with van der Waals surface area (Å²) < 4.78 is 50.7. The van der Waals surface area contributed by atoms with Crippen molar-refractivity contribution in [1.82, 2.24) is 20.2 Å². The average molecular weight is 491 g/mol. The Kier molecular flexibility index (Phi) is 6.41. The molecule has 0 saturated carbocycles. The van der Waals surface area contributed by atoms with E-state index in [0.29, 0.717) is 18.7 Å². The molecule has 12 heteroatoms. The zero-order valence-corrected chi connectivity index (χ0v) is 19.3. The summed E-state index contributed by atoms with van der Waals surface area (Å²) in [6.45, 7) is 4.46. The minimum Gasteiger partial charge on any atom is -0.494 e. The van der Waals surface area contributed by atoms with Gasteiger partial charge in [-0.2, -0.15) is 13.2 Å². The number of halogens is 3. The van der Waals surface area contributed by atoms with Crippen molar-refractivity contribution in [2.24, 2.45) is 5.73 Å². The van der Waals surface area contributed by atoms with Gasteiger partial charge >= 0.3 is 6.18 Å². The number of nitrogens with zero attached hydrogens (tertiary/aromatic N) is 3. The van der Waals surface area contributed by atoms with Crippen LogP contribution in [0.2, 0.25) is 0 Å². The molecule has 2 amide bonds. The fourth-order valence-corrected chi connectivity index (χ4v) is 3.76. The summed E-state index contributed by atoms with van der Waals surface area (Å²) in [5, 5.41) is 2.90. The highest BCUT2D eigenvalue weighted by Crippen LogP contribution is 2.37. The van der Waals surface area contributed by atoms with Crippen molar-refractivity contribution in [2.75, 3.05) is 20.2 Å². The number of amides is 2. The van der Waals surface area contributed by atoms with Gasteiger partial charge in [0.05, 0.1) is 13.2 Å². The van der Waals surface area contributed by atoms with E-state index in [1.54, 1.807) is 24.8 Å². The number of nitrogens with one attached hydrogen (secondary N) is 1. The second kappa shape index (κ2) is 9.17. The summed E-state index contributed by atoms with van der Waals surface area (Å²) in [6.07, 6.45) is -3.72. The summed E-state index contributed by atoms with van der Waals surface area (Å²) in [5.41, 5.74) is 5.06. The van der Waals surface area contributed by atoms with Crippen LogP contribution < -0.4 is 15.8 Å². The third-order valence-electron chi connectivity index (χ3n) is 5.73. The number of fused-ring (bicyclic) bond motifs is 1. The lowest BCUT2D eigenvalue weighted by Gasteiger charge is -2.33. The van der Waals surface area contributed by atoms with Crippen LogP contribution >= 0.6 is 0 Å². The van der Waals surface area contributed by atoms with Crippen molar-refractivity contribution >= 4 is 22.7 Å². The first-order chi connectivity index (χ1) is 16.5. The number of alkyl halides is 3. The monoisotopic (exact) mass is 491 g/mol. The molecule has 0 radical (unpaired) electrons. The molecule has 35 heavy (non-hydrogen) atoms. The van der Waals surface area contributed by atoms with Gasteiger partial charge in [-0.05, 0) is 44.5 Å². The molecule has 0 bridgehead atoms. The van der Waals surface area contributed by atoms with Gasteiger partial charge in [0.1, 0.15) is 23.0 Å². The molecule has 3 N–H and O–H groups in total. The van der Waals surface area contributed by atoms with Crippen LogP contribution in [0.25, 0.3) is 22.4 Å². The molecule has 1 aliphatic rings. The van der Waals surface area contributed by atoms with E-state index in [1.807, 2.05) is 0 Å². The van der Waals surface area contributed by atoms with Crippen molar-refractivity contribution in [3.05, 3.63) is 41.4 Å². The molecule has 0 aliphatic carbocycles. The number of aromatic nitrogens is 2. The van der Waals surface area contributed by atoms with Crippen LogP contribution in [0.5, 0.6) is 5.75 Å². The third kappa shape index (κ3) is 4.65. The molecule has 0 spiro atoms. The van der Waals surface area contributed by atoms with Crippen molar-refractivity contribution < 1.29 is 31.9 Å². The number of benzene rings is 1. The zero-order chi connectivity index (χ0) is 25.5. The summed E-state index contributed by atoms with van der Waals surface area (Å²) >= 11 is 0. The van der Waals surface area contributed by atoms with Gasteiger partial charge in [0.25, 0.3) is 5.91 Å². The molecule has 4 rings (SSSR count). The first kappa shape index (κ1) is 24.5. The molecule has 0 unspecified atom stereocenters. The Labute approximate surface area is 198 Å². The summed E-state index contributed by atoms with van der Waals surface area (Å²) in [5.74, 6) is -0.680. The van der Waals surface area contributed by atoms with Crippen LogP contribution in [0.4, 0.5) is 13.2 Å². The highest BCUT2D eigenvalue weighted by Gasteiger charge is 2.34. The normalized spacial score (nSPS) is 15.5. The number of hydrogen-bond acceptors (Lipinski definition) is 7. The van der Waals surface area contributed by atoms with Gasteiger partial charge in [-0.15, -0.1) is 0 Å². The number of nitrogens with two attached hydrogens (primary N) is 1. The fraction of sp³-hybridized carbons (Fsp3) is 0.391. The number of oxazole rings is 1. The van der Waals surface area contributed by atoms with Crippen molar-refractivity contribution in [3.63, 3.8) is 0 Å². The molecular weight excluding hydrogens is 467 g/mol. The maximum absolute atomic E-state index is 13.2. The Morgan fingerprint density at radius 2 is 1.89 bits per heavy atom. The minimum absolute atomic E-state index is 0.0293. The molecule has 1 fully saturated rings. The first-order valence-corrected chi connectivity index (χ1v) is 10.9. The lowest BCUT2D eigenvalue weighted by molar-refractivity contribution is -0.141. The molecule has 1 saturated heterocycles. The summed E-state index contributed by atoms with van der Waals surface area (Å²) in [6, 6.07) is 3.57. The molecule has 1 aromatic carbocycles. The maximum atomic E-state index is 13.2. The number of pyridine rings is 1.